The van der Waals surface area contributed by atoms with Gasteiger partial charge in [0.2, 0.25) is 0 Å². The molecule has 1 saturated carbocycles. The fourth-order valence-electron chi connectivity index (χ4n) is 2.17. The lowest BCUT2D eigenvalue weighted by molar-refractivity contribution is -0.127. The molecule has 0 unspecified atom stereocenters. The molecule has 1 fully saturated rings. The zero-order valence-electron chi connectivity index (χ0n) is 10.1. The van der Waals surface area contributed by atoms with Gasteiger partial charge < -0.3 is 5.32 Å². The van der Waals surface area contributed by atoms with Crippen LogP contribution in [0.2, 0.25) is 0 Å². The van der Waals surface area contributed by atoms with E-state index in [9.17, 15) is 22.0 Å². The molecule has 1 aliphatic carbocycles. The van der Waals surface area contributed by atoms with Gasteiger partial charge in [0.05, 0.1) is 6.54 Å². The van der Waals surface area contributed by atoms with Crippen LogP contribution in [-0.4, -0.2) is 24.9 Å². The first kappa shape index (κ1) is 14.2. The van der Waals surface area contributed by atoms with E-state index in [1.165, 1.54) is 12.1 Å². The molecule has 0 aromatic heterocycles. The fraction of sp³-hybridized carbons (Fsp3) is 0.538. The molecule has 0 saturated heterocycles. The minimum Gasteiger partial charge on any atom is -0.308 e. The van der Waals surface area contributed by atoms with Gasteiger partial charge in [0.15, 0.2) is 0 Å². The largest absolute Gasteiger partial charge is 0.319 e. The van der Waals surface area contributed by atoms with Gasteiger partial charge in [-0.3, -0.25) is 0 Å². The zero-order valence-corrected chi connectivity index (χ0v) is 10.1. The van der Waals surface area contributed by atoms with Crippen LogP contribution in [-0.2, 0) is 0 Å². The van der Waals surface area contributed by atoms with Crippen LogP contribution in [0, 0.1) is 5.82 Å². The maximum atomic E-state index is 13.0. The van der Waals surface area contributed by atoms with Crippen molar-refractivity contribution in [1.82, 2.24) is 5.32 Å². The smallest absolute Gasteiger partial charge is 0.308 e. The Morgan fingerprint density at radius 3 is 2.53 bits per heavy atom. The summed E-state index contributed by atoms with van der Waals surface area (Å²) in [5.41, 5.74) is 0.818. The van der Waals surface area contributed by atoms with Gasteiger partial charge in [-0.15, -0.1) is 0 Å². The van der Waals surface area contributed by atoms with Crippen LogP contribution in [0.3, 0.4) is 0 Å². The van der Waals surface area contributed by atoms with Crippen molar-refractivity contribution in [2.45, 2.75) is 37.1 Å². The molecule has 2 rings (SSSR count). The highest BCUT2D eigenvalue weighted by atomic mass is 19.3. The molecular formula is C13H14F5N. The van der Waals surface area contributed by atoms with E-state index in [0.29, 0.717) is 12.8 Å². The monoisotopic (exact) mass is 279 g/mol. The van der Waals surface area contributed by atoms with Gasteiger partial charge >= 0.3 is 12.3 Å². The molecule has 0 spiro atoms. The van der Waals surface area contributed by atoms with Crippen molar-refractivity contribution in [3.8, 4) is 0 Å². The summed E-state index contributed by atoms with van der Waals surface area (Å²) in [6.07, 6.45) is -2.54. The van der Waals surface area contributed by atoms with Gasteiger partial charge in [-0.1, -0.05) is 12.1 Å². The Balaban J connectivity index is 1.78. The summed E-state index contributed by atoms with van der Waals surface area (Å²) in [6, 6.07) is 5.90. The number of rotatable bonds is 5. The number of hydrogen-bond acceptors (Lipinski definition) is 1. The van der Waals surface area contributed by atoms with Crippen LogP contribution in [0.4, 0.5) is 22.0 Å². The normalized spacial score (nSPS) is 23.5. The molecule has 0 atom stereocenters. The first-order valence-corrected chi connectivity index (χ1v) is 6.03. The first-order chi connectivity index (χ1) is 8.88. The number of nitrogens with one attached hydrogen (secondary N) is 1. The van der Waals surface area contributed by atoms with Crippen LogP contribution in [0.1, 0.15) is 24.3 Å². The minimum atomic E-state index is -4.00. The molecule has 106 valence electrons. The molecule has 1 N–H and O–H groups in total. The number of hydrogen-bond donors (Lipinski definition) is 1. The number of benzene rings is 1. The van der Waals surface area contributed by atoms with E-state index in [2.05, 4.69) is 5.32 Å². The fourth-order valence-corrected chi connectivity index (χ4v) is 2.17. The summed E-state index contributed by atoms with van der Waals surface area (Å²) in [7, 11) is 0. The highest BCUT2D eigenvalue weighted by Gasteiger charge is 2.42. The Morgan fingerprint density at radius 1 is 1.26 bits per heavy atom. The van der Waals surface area contributed by atoms with Crippen molar-refractivity contribution in [1.29, 1.82) is 0 Å². The Bertz CT molecular complexity index is 429. The summed E-state index contributed by atoms with van der Waals surface area (Å²) in [4.78, 5) is 0. The average Bonchev–Trinajstić information content (AvgIpc) is 2.26. The molecular weight excluding hydrogens is 265 g/mol. The second-order valence-electron chi connectivity index (χ2n) is 4.86. The van der Waals surface area contributed by atoms with Crippen molar-refractivity contribution >= 4 is 0 Å². The van der Waals surface area contributed by atoms with Gasteiger partial charge in [0, 0.05) is 6.04 Å². The summed E-state index contributed by atoms with van der Waals surface area (Å²) in [5.74, 6) is -4.23. The SMILES string of the molecule is Fc1cccc(C2CC(NCC(F)(F)C(F)F)C2)c1. The lowest BCUT2D eigenvalue weighted by Crippen LogP contribution is -2.47. The van der Waals surface area contributed by atoms with Crippen LogP contribution in [0.15, 0.2) is 24.3 Å². The van der Waals surface area contributed by atoms with E-state index >= 15 is 0 Å². The van der Waals surface area contributed by atoms with Gasteiger partial charge in [-0.2, -0.15) is 8.78 Å². The lowest BCUT2D eigenvalue weighted by Gasteiger charge is -2.37. The maximum absolute atomic E-state index is 13.0. The van der Waals surface area contributed by atoms with Gasteiger partial charge in [-0.05, 0) is 36.5 Å². The van der Waals surface area contributed by atoms with Crippen LogP contribution < -0.4 is 5.32 Å². The number of alkyl halides is 4. The maximum Gasteiger partial charge on any atom is 0.319 e. The standard InChI is InChI=1S/C13H14F5N/c14-10-3-1-2-8(4-10)9-5-11(6-9)19-7-13(17,18)12(15)16/h1-4,9,11-12,19H,5-7H2. The van der Waals surface area contributed by atoms with E-state index in [1.54, 1.807) is 12.1 Å². The third-order valence-electron chi connectivity index (χ3n) is 3.40. The van der Waals surface area contributed by atoms with E-state index in [-0.39, 0.29) is 17.8 Å². The first-order valence-electron chi connectivity index (χ1n) is 6.03. The van der Waals surface area contributed by atoms with Gasteiger partial charge in [0.25, 0.3) is 0 Å². The Hall–Kier alpha value is -1.17. The Morgan fingerprint density at radius 2 is 1.95 bits per heavy atom. The van der Waals surface area contributed by atoms with E-state index < -0.39 is 18.9 Å². The average molecular weight is 279 g/mol. The third kappa shape index (κ3) is 3.43. The van der Waals surface area contributed by atoms with E-state index in [4.69, 9.17) is 0 Å². The van der Waals surface area contributed by atoms with Crippen molar-refractivity contribution in [3.63, 3.8) is 0 Å². The van der Waals surface area contributed by atoms with Crippen LogP contribution >= 0.6 is 0 Å². The summed E-state index contributed by atoms with van der Waals surface area (Å²) in [6.45, 7) is -1.02. The van der Waals surface area contributed by atoms with Crippen molar-refractivity contribution in [2.24, 2.45) is 0 Å². The topological polar surface area (TPSA) is 12.0 Å². The zero-order chi connectivity index (χ0) is 14.0. The predicted molar refractivity (Wildman–Crippen MR) is 61.1 cm³/mol. The molecule has 1 nitrogen and oxygen atoms in total. The molecule has 19 heavy (non-hydrogen) atoms. The molecule has 1 aliphatic rings. The predicted octanol–water partition coefficient (Wildman–Crippen LogP) is 3.56. The second-order valence-corrected chi connectivity index (χ2v) is 4.86. The summed E-state index contributed by atoms with van der Waals surface area (Å²) < 4.78 is 62.2. The highest BCUT2D eigenvalue weighted by Crippen LogP contribution is 2.37. The quantitative estimate of drug-likeness (QED) is 0.813. The summed E-state index contributed by atoms with van der Waals surface area (Å²) in [5, 5.41) is 2.43. The number of halogens is 5. The molecule has 0 radical (unpaired) electrons. The van der Waals surface area contributed by atoms with Crippen LogP contribution in [0.5, 0.6) is 0 Å². The molecule has 0 bridgehead atoms. The molecule has 6 heteroatoms. The van der Waals surface area contributed by atoms with Crippen LogP contribution in [0.25, 0.3) is 0 Å². The molecule has 0 aliphatic heterocycles. The molecule has 0 heterocycles. The summed E-state index contributed by atoms with van der Waals surface area (Å²) >= 11 is 0. The van der Waals surface area contributed by atoms with Crippen molar-refractivity contribution in [2.75, 3.05) is 6.54 Å². The minimum absolute atomic E-state index is 0.105. The Labute approximate surface area is 107 Å². The van der Waals surface area contributed by atoms with E-state index in [1.807, 2.05) is 0 Å². The van der Waals surface area contributed by atoms with Crippen molar-refractivity contribution < 1.29 is 22.0 Å². The van der Waals surface area contributed by atoms with Gasteiger partial charge in [-0.25, -0.2) is 13.2 Å². The Kier molecular flexibility index (Phi) is 4.08. The molecule has 1 aromatic rings. The molecule has 1 aromatic carbocycles. The highest BCUT2D eigenvalue weighted by molar-refractivity contribution is 5.23. The lowest BCUT2D eigenvalue weighted by atomic mass is 9.76. The molecule has 0 amide bonds. The third-order valence-corrected chi connectivity index (χ3v) is 3.40. The second kappa shape index (κ2) is 5.45. The van der Waals surface area contributed by atoms with E-state index in [0.717, 1.165) is 5.56 Å². The van der Waals surface area contributed by atoms with Gasteiger partial charge in [0.1, 0.15) is 5.82 Å². The van der Waals surface area contributed by atoms with Crippen molar-refractivity contribution in [3.05, 3.63) is 35.6 Å².